The van der Waals surface area contributed by atoms with Crippen LogP contribution >= 0.6 is 0 Å². The first kappa shape index (κ1) is 44.2. The normalized spacial score (nSPS) is 14.2. The Bertz CT molecular complexity index is 1190. The number of halogens is 6. The molecule has 2 rings (SSSR count). The lowest BCUT2D eigenvalue weighted by Gasteiger charge is -2.24. The van der Waals surface area contributed by atoms with E-state index >= 15 is 0 Å². The lowest BCUT2D eigenvalue weighted by Crippen LogP contribution is -2.45. The Hall–Kier alpha value is -3.78. The number of rotatable bonds is 14. The number of aliphatic hydroxyl groups is 2. The van der Waals surface area contributed by atoms with Gasteiger partial charge >= 0.3 is 12.2 Å². The molecule has 0 fully saturated rings. The maximum Gasteiger partial charge on any atom is 0.407 e. The molecule has 4 atom stereocenters. The van der Waals surface area contributed by atoms with E-state index in [-0.39, 0.29) is 19.6 Å². The van der Waals surface area contributed by atoms with Crippen molar-refractivity contribution in [3.63, 3.8) is 0 Å². The summed E-state index contributed by atoms with van der Waals surface area (Å²) >= 11 is 0. The molecule has 4 N–H and O–H groups in total. The molecule has 0 aromatic heterocycles. The predicted octanol–water partition coefficient (Wildman–Crippen LogP) is 8.02. The fourth-order valence-corrected chi connectivity index (χ4v) is 3.56. The molecule has 0 heterocycles. The van der Waals surface area contributed by atoms with Gasteiger partial charge in [-0.05, 0) is 52.7 Å². The molecule has 0 aliphatic carbocycles. The van der Waals surface area contributed by atoms with Crippen molar-refractivity contribution in [2.45, 2.75) is 116 Å². The summed E-state index contributed by atoms with van der Waals surface area (Å²) in [6.45, 7) is 7.00. The monoisotopic (exact) mass is 694 g/mol. The molecule has 272 valence electrons. The second kappa shape index (κ2) is 22.0. The summed E-state index contributed by atoms with van der Waals surface area (Å²) in [4.78, 5) is 23.0. The van der Waals surface area contributed by atoms with E-state index in [1.807, 2.05) is 24.3 Å². The van der Waals surface area contributed by atoms with Gasteiger partial charge in [-0.2, -0.15) is 0 Å². The molecule has 0 radical (unpaired) electrons. The van der Waals surface area contributed by atoms with Crippen LogP contribution in [0.15, 0.2) is 72.8 Å². The Morgan fingerprint density at radius 2 is 1.15 bits per heavy atom. The molecule has 2 amide bonds. The van der Waals surface area contributed by atoms with Gasteiger partial charge in [0.15, 0.2) is 0 Å². The van der Waals surface area contributed by atoms with Crippen molar-refractivity contribution in [3.05, 3.63) is 83.9 Å². The highest BCUT2D eigenvalue weighted by molar-refractivity contribution is 5.68. The standard InChI is InChI=1S/2C14H19F2NO3.C6H10F2/c1-10(18)12(8-14(2,15)16)17-13(19)20-9-11-6-4-3-5-7-11;1-10(12(18)8-14(2,15)16)17-13(19)20-9-11-6-4-3-5-7-11;1-3-4-5-6(2,7)8/h2*3-7,10,12,18H,8-9H2,1-2H3,(H,17,19);3-4H,5H2,1-2H3/b;;4-3+. The van der Waals surface area contributed by atoms with Crippen LogP contribution in [0.5, 0.6) is 0 Å². The number of benzene rings is 2. The van der Waals surface area contributed by atoms with Gasteiger partial charge in [-0.15, -0.1) is 0 Å². The first-order valence-corrected chi connectivity index (χ1v) is 15.2. The van der Waals surface area contributed by atoms with E-state index in [0.717, 1.165) is 31.9 Å². The van der Waals surface area contributed by atoms with Gasteiger partial charge in [-0.3, -0.25) is 0 Å². The molecular weight excluding hydrogens is 646 g/mol. The van der Waals surface area contributed by atoms with Gasteiger partial charge in [-0.25, -0.2) is 35.9 Å². The highest BCUT2D eigenvalue weighted by Crippen LogP contribution is 2.21. The van der Waals surface area contributed by atoms with Gasteiger partial charge in [0.2, 0.25) is 17.8 Å². The van der Waals surface area contributed by atoms with E-state index in [1.54, 1.807) is 49.4 Å². The molecular formula is C34H48F6N2O6. The number of hydrogen-bond donors (Lipinski definition) is 4. The number of alkyl halides is 6. The third kappa shape index (κ3) is 25.3. The highest BCUT2D eigenvalue weighted by atomic mass is 19.3. The van der Waals surface area contributed by atoms with Crippen LogP contribution < -0.4 is 10.6 Å². The second-order valence-electron chi connectivity index (χ2n) is 11.5. The molecule has 48 heavy (non-hydrogen) atoms. The van der Waals surface area contributed by atoms with Crippen LogP contribution in [0.25, 0.3) is 0 Å². The zero-order valence-corrected chi connectivity index (χ0v) is 28.1. The van der Waals surface area contributed by atoms with Crippen molar-refractivity contribution in [1.29, 1.82) is 0 Å². The molecule has 4 unspecified atom stereocenters. The van der Waals surface area contributed by atoms with Crippen molar-refractivity contribution in [1.82, 2.24) is 10.6 Å². The van der Waals surface area contributed by atoms with Gasteiger partial charge < -0.3 is 30.3 Å². The second-order valence-corrected chi connectivity index (χ2v) is 11.5. The van der Waals surface area contributed by atoms with Crippen LogP contribution in [0.4, 0.5) is 35.9 Å². The number of carbonyl (C=O) groups excluding carboxylic acids is 2. The van der Waals surface area contributed by atoms with Crippen molar-refractivity contribution in [3.8, 4) is 0 Å². The van der Waals surface area contributed by atoms with Crippen LogP contribution in [0.2, 0.25) is 0 Å². The average molecular weight is 695 g/mol. The number of nitrogens with one attached hydrogen (secondary N) is 2. The third-order valence-electron chi connectivity index (χ3n) is 6.09. The lowest BCUT2D eigenvalue weighted by molar-refractivity contribution is -0.0355. The van der Waals surface area contributed by atoms with E-state index in [9.17, 15) is 46.1 Å². The maximum absolute atomic E-state index is 12.9. The molecule has 0 bridgehead atoms. The number of aliphatic hydroxyl groups excluding tert-OH is 2. The minimum atomic E-state index is -2.98. The number of alkyl carbamates (subject to hydrolysis) is 2. The van der Waals surface area contributed by atoms with Gasteiger partial charge in [0.1, 0.15) is 13.2 Å². The summed E-state index contributed by atoms with van der Waals surface area (Å²) in [6.07, 6.45) is -2.44. The molecule has 0 spiro atoms. The molecule has 8 nitrogen and oxygen atoms in total. The summed E-state index contributed by atoms with van der Waals surface area (Å²) in [6, 6.07) is 16.2. The zero-order valence-electron chi connectivity index (χ0n) is 28.1. The van der Waals surface area contributed by atoms with Crippen LogP contribution in [0, 0.1) is 0 Å². The third-order valence-corrected chi connectivity index (χ3v) is 6.09. The van der Waals surface area contributed by atoms with Crippen LogP contribution in [0.1, 0.15) is 71.9 Å². The Morgan fingerprint density at radius 3 is 1.48 bits per heavy atom. The van der Waals surface area contributed by atoms with Gasteiger partial charge in [-0.1, -0.05) is 72.8 Å². The number of allylic oxidation sites excluding steroid dienone is 2. The summed E-state index contributed by atoms with van der Waals surface area (Å²) in [5, 5.41) is 23.5. The molecule has 0 aliphatic heterocycles. The predicted molar refractivity (Wildman–Crippen MR) is 171 cm³/mol. The van der Waals surface area contributed by atoms with Gasteiger partial charge in [0.05, 0.1) is 24.3 Å². The summed E-state index contributed by atoms with van der Waals surface area (Å²) in [5.74, 6) is -8.50. The Kier molecular flexibility index (Phi) is 20.2. The number of ether oxygens (including phenoxy) is 2. The number of hydrogen-bond acceptors (Lipinski definition) is 6. The van der Waals surface area contributed by atoms with Crippen molar-refractivity contribution in [2.75, 3.05) is 0 Å². The molecule has 0 aliphatic rings. The van der Waals surface area contributed by atoms with Crippen molar-refractivity contribution < 1.29 is 55.6 Å². The van der Waals surface area contributed by atoms with Gasteiger partial charge in [0, 0.05) is 19.3 Å². The fraction of sp³-hybridized carbons (Fsp3) is 0.529. The minimum absolute atomic E-state index is 0.0434. The molecule has 0 saturated heterocycles. The van der Waals surface area contributed by atoms with E-state index in [1.165, 1.54) is 19.9 Å². The fourth-order valence-electron chi connectivity index (χ4n) is 3.56. The largest absolute Gasteiger partial charge is 0.445 e. The van der Waals surface area contributed by atoms with E-state index in [2.05, 4.69) is 10.6 Å². The topological polar surface area (TPSA) is 117 Å². The zero-order chi connectivity index (χ0) is 37.0. The molecule has 0 saturated carbocycles. The summed E-state index contributed by atoms with van der Waals surface area (Å²) in [7, 11) is 0. The number of carbonyl (C=O) groups is 2. The Morgan fingerprint density at radius 1 is 0.729 bits per heavy atom. The maximum atomic E-state index is 12.9. The van der Waals surface area contributed by atoms with E-state index in [0.29, 0.717) is 0 Å². The van der Waals surface area contributed by atoms with E-state index in [4.69, 9.17) is 9.47 Å². The Balaban J connectivity index is 0.000000754. The first-order valence-electron chi connectivity index (χ1n) is 15.2. The highest BCUT2D eigenvalue weighted by Gasteiger charge is 2.31. The van der Waals surface area contributed by atoms with Crippen LogP contribution in [-0.4, -0.2) is 64.5 Å². The summed E-state index contributed by atoms with van der Waals surface area (Å²) in [5.41, 5.74) is 1.60. The first-order chi connectivity index (χ1) is 22.1. The molecule has 14 heteroatoms. The van der Waals surface area contributed by atoms with Crippen LogP contribution in [0.3, 0.4) is 0 Å². The quantitative estimate of drug-likeness (QED) is 0.118. The lowest BCUT2D eigenvalue weighted by atomic mass is 10.1. The van der Waals surface area contributed by atoms with E-state index < -0.39 is 67.1 Å². The van der Waals surface area contributed by atoms with Crippen LogP contribution in [-0.2, 0) is 22.7 Å². The summed E-state index contributed by atoms with van der Waals surface area (Å²) < 4.78 is 84.9. The molecule has 2 aromatic rings. The smallest absolute Gasteiger partial charge is 0.407 e. The van der Waals surface area contributed by atoms with Crippen molar-refractivity contribution >= 4 is 12.2 Å². The number of amides is 2. The minimum Gasteiger partial charge on any atom is -0.445 e. The molecule has 2 aromatic carbocycles. The Labute approximate surface area is 278 Å². The van der Waals surface area contributed by atoms with Crippen molar-refractivity contribution in [2.24, 2.45) is 0 Å². The SMILES string of the molecule is C/C=C/CC(C)(F)F.CC(NC(=O)OCc1ccccc1)C(O)CC(C)(F)F.CC(O)C(CC(C)(F)F)NC(=O)OCc1ccccc1. The van der Waals surface area contributed by atoms with Gasteiger partial charge in [0.25, 0.3) is 0 Å². The average Bonchev–Trinajstić information content (AvgIpc) is 2.97.